The van der Waals surface area contributed by atoms with Gasteiger partial charge in [0.05, 0.1) is 0 Å². The molecule has 104 valence electrons. The van der Waals surface area contributed by atoms with E-state index in [1.807, 2.05) is 37.4 Å². The Morgan fingerprint density at radius 3 is 2.50 bits per heavy atom. The summed E-state index contributed by atoms with van der Waals surface area (Å²) in [6.07, 6.45) is 1.48. The first-order valence-corrected chi connectivity index (χ1v) is 6.49. The molecule has 0 saturated heterocycles. The second kappa shape index (κ2) is 6.19. The number of nitrogens with zero attached hydrogens (tertiary/aromatic N) is 2. The van der Waals surface area contributed by atoms with Gasteiger partial charge in [0.15, 0.2) is 18.0 Å². The Balaban J connectivity index is 2.19. The molecule has 1 aromatic heterocycles. The monoisotopic (exact) mass is 271 g/mol. The van der Waals surface area contributed by atoms with Crippen molar-refractivity contribution in [1.29, 1.82) is 0 Å². The fraction of sp³-hybridized carbons (Fsp3) is 0.250. The average molecular weight is 271 g/mol. The van der Waals surface area contributed by atoms with E-state index in [4.69, 9.17) is 4.74 Å². The van der Waals surface area contributed by atoms with Crippen LogP contribution in [0.25, 0.3) is 0 Å². The zero-order valence-electron chi connectivity index (χ0n) is 12.0. The summed E-state index contributed by atoms with van der Waals surface area (Å²) in [4.78, 5) is 13.0. The second-order valence-electron chi connectivity index (χ2n) is 4.88. The molecule has 0 fully saturated rings. The van der Waals surface area contributed by atoms with E-state index in [1.165, 1.54) is 10.5 Å². The van der Waals surface area contributed by atoms with E-state index >= 15 is 0 Å². The van der Waals surface area contributed by atoms with E-state index in [0.717, 1.165) is 12.2 Å². The lowest BCUT2D eigenvalue weighted by molar-refractivity contribution is -0.694. The normalized spacial score (nSPS) is 10.2. The van der Waals surface area contributed by atoms with Crippen molar-refractivity contribution in [2.24, 2.45) is 0 Å². The molecule has 0 N–H and O–H groups in total. The van der Waals surface area contributed by atoms with Crippen LogP contribution in [-0.2, 0) is 6.54 Å². The highest BCUT2D eigenvalue weighted by Crippen LogP contribution is 2.10. The van der Waals surface area contributed by atoms with Crippen molar-refractivity contribution in [3.05, 3.63) is 59.9 Å². The largest absolute Gasteiger partial charge is 0.414 e. The van der Waals surface area contributed by atoms with Gasteiger partial charge in [0.1, 0.15) is 0 Å². The number of carbonyl (C=O) groups excluding carboxylic acids is 1. The summed E-state index contributed by atoms with van der Waals surface area (Å²) in [5.74, 6) is 0.547. The Morgan fingerprint density at radius 1 is 1.15 bits per heavy atom. The maximum Gasteiger partial charge on any atom is 0.414 e. The summed E-state index contributed by atoms with van der Waals surface area (Å²) in [6, 6.07) is 13.9. The number of rotatable bonds is 3. The smallest absolute Gasteiger partial charge is 0.404 e. The first-order chi connectivity index (χ1) is 9.56. The van der Waals surface area contributed by atoms with E-state index < -0.39 is 0 Å². The molecule has 20 heavy (non-hydrogen) atoms. The van der Waals surface area contributed by atoms with Crippen LogP contribution in [0.2, 0.25) is 0 Å². The van der Waals surface area contributed by atoms with E-state index in [2.05, 4.69) is 16.7 Å². The number of pyridine rings is 1. The standard InChI is InChI=1S/C16H19N2O2/c1-13-9-10-15(20-16(19)17(2)3)12-18(13)11-14-7-5-4-6-8-14/h4-10,12H,11H2,1-3H3/q+1. The molecule has 0 spiro atoms. The molecule has 4 nitrogen and oxygen atoms in total. The zero-order valence-corrected chi connectivity index (χ0v) is 12.0. The van der Waals surface area contributed by atoms with Gasteiger partial charge in [-0.3, -0.25) is 0 Å². The van der Waals surface area contributed by atoms with Crippen molar-refractivity contribution in [3.63, 3.8) is 0 Å². The Kier molecular flexibility index (Phi) is 4.35. The highest BCUT2D eigenvalue weighted by atomic mass is 16.6. The van der Waals surface area contributed by atoms with Gasteiger partial charge in [-0.1, -0.05) is 30.3 Å². The first kappa shape index (κ1) is 14.1. The number of benzene rings is 1. The Hall–Kier alpha value is -2.36. The molecule has 0 bridgehead atoms. The van der Waals surface area contributed by atoms with Crippen LogP contribution in [-0.4, -0.2) is 25.1 Å². The van der Waals surface area contributed by atoms with Crippen molar-refractivity contribution in [2.75, 3.05) is 14.1 Å². The zero-order chi connectivity index (χ0) is 14.5. The number of ether oxygens (including phenoxy) is 1. The molecule has 0 radical (unpaired) electrons. The fourth-order valence-electron chi connectivity index (χ4n) is 1.80. The van der Waals surface area contributed by atoms with Crippen LogP contribution in [0.3, 0.4) is 0 Å². The minimum absolute atomic E-state index is 0.375. The van der Waals surface area contributed by atoms with E-state index in [-0.39, 0.29) is 6.09 Å². The molecular formula is C16H19N2O2+. The van der Waals surface area contributed by atoms with Crippen LogP contribution < -0.4 is 9.30 Å². The van der Waals surface area contributed by atoms with Crippen molar-refractivity contribution in [2.45, 2.75) is 13.5 Å². The molecule has 0 saturated carbocycles. The van der Waals surface area contributed by atoms with Crippen LogP contribution in [0, 0.1) is 6.92 Å². The van der Waals surface area contributed by atoms with Crippen molar-refractivity contribution >= 4 is 6.09 Å². The van der Waals surface area contributed by atoms with Crippen LogP contribution in [0.15, 0.2) is 48.7 Å². The Morgan fingerprint density at radius 2 is 1.85 bits per heavy atom. The number of carbonyl (C=O) groups is 1. The third-order valence-electron chi connectivity index (χ3n) is 2.99. The number of aryl methyl sites for hydroxylation is 1. The predicted octanol–water partition coefficient (Wildman–Crippen LogP) is 2.39. The third kappa shape index (κ3) is 3.57. The van der Waals surface area contributed by atoms with Gasteiger partial charge in [0.25, 0.3) is 0 Å². The second-order valence-corrected chi connectivity index (χ2v) is 4.88. The van der Waals surface area contributed by atoms with Crippen LogP contribution in [0.1, 0.15) is 11.3 Å². The molecule has 0 atom stereocenters. The summed E-state index contributed by atoms with van der Waals surface area (Å²) >= 11 is 0. The first-order valence-electron chi connectivity index (χ1n) is 6.49. The molecule has 0 unspecified atom stereocenters. The molecule has 0 aliphatic rings. The van der Waals surface area contributed by atoms with E-state index in [1.54, 1.807) is 20.2 Å². The van der Waals surface area contributed by atoms with Gasteiger partial charge in [-0.05, 0) is 6.07 Å². The van der Waals surface area contributed by atoms with Gasteiger partial charge in [-0.15, -0.1) is 0 Å². The minimum atomic E-state index is -0.375. The van der Waals surface area contributed by atoms with Gasteiger partial charge >= 0.3 is 6.09 Å². The van der Waals surface area contributed by atoms with Gasteiger partial charge < -0.3 is 9.64 Å². The molecule has 0 aliphatic carbocycles. The van der Waals surface area contributed by atoms with Gasteiger partial charge in [0, 0.05) is 32.6 Å². The predicted molar refractivity (Wildman–Crippen MR) is 76.6 cm³/mol. The number of hydrogen-bond acceptors (Lipinski definition) is 2. The molecule has 1 amide bonds. The van der Waals surface area contributed by atoms with Crippen LogP contribution in [0.5, 0.6) is 5.75 Å². The highest BCUT2D eigenvalue weighted by molar-refractivity contribution is 5.69. The summed E-state index contributed by atoms with van der Waals surface area (Å²) < 4.78 is 7.34. The van der Waals surface area contributed by atoms with E-state index in [9.17, 15) is 4.79 Å². The molecule has 2 aromatic rings. The highest BCUT2D eigenvalue weighted by Gasteiger charge is 2.13. The number of aromatic nitrogens is 1. The van der Waals surface area contributed by atoms with Crippen molar-refractivity contribution < 1.29 is 14.1 Å². The average Bonchev–Trinajstić information content (AvgIpc) is 2.43. The minimum Gasteiger partial charge on any atom is -0.404 e. The maximum absolute atomic E-state index is 11.6. The summed E-state index contributed by atoms with van der Waals surface area (Å²) in [5, 5.41) is 0. The molecule has 4 heteroatoms. The summed E-state index contributed by atoms with van der Waals surface area (Å²) in [7, 11) is 3.32. The lowest BCUT2D eigenvalue weighted by Crippen LogP contribution is -2.37. The topological polar surface area (TPSA) is 33.4 Å². The number of hydrogen-bond donors (Lipinski definition) is 0. The SMILES string of the molecule is Cc1ccc(OC(=O)N(C)C)c[n+]1Cc1ccccc1. The molecule has 2 rings (SSSR count). The third-order valence-corrected chi connectivity index (χ3v) is 2.99. The summed E-state index contributed by atoms with van der Waals surface area (Å²) in [5.41, 5.74) is 2.31. The van der Waals surface area contributed by atoms with Crippen molar-refractivity contribution in [1.82, 2.24) is 4.90 Å². The van der Waals surface area contributed by atoms with E-state index in [0.29, 0.717) is 5.75 Å². The Bertz CT molecular complexity index is 595. The van der Waals surface area contributed by atoms with Crippen molar-refractivity contribution in [3.8, 4) is 5.75 Å². The van der Waals surface area contributed by atoms with Crippen LogP contribution >= 0.6 is 0 Å². The van der Waals surface area contributed by atoms with Gasteiger partial charge in [-0.2, -0.15) is 4.57 Å². The van der Waals surface area contributed by atoms with Gasteiger partial charge in [0.2, 0.25) is 6.20 Å². The quantitative estimate of drug-likeness (QED) is 0.803. The Labute approximate surface area is 119 Å². The molecule has 1 aromatic carbocycles. The lowest BCUT2D eigenvalue weighted by Gasteiger charge is -2.10. The van der Waals surface area contributed by atoms with Gasteiger partial charge in [-0.25, -0.2) is 4.79 Å². The fourth-order valence-corrected chi connectivity index (χ4v) is 1.80. The molecule has 0 aliphatic heterocycles. The molecular weight excluding hydrogens is 252 g/mol. The number of amides is 1. The summed E-state index contributed by atoms with van der Waals surface area (Å²) in [6.45, 7) is 2.78. The maximum atomic E-state index is 11.6. The lowest BCUT2D eigenvalue weighted by atomic mass is 10.2. The van der Waals surface area contributed by atoms with Crippen LogP contribution in [0.4, 0.5) is 4.79 Å². The molecule has 1 heterocycles.